The molecule has 0 heterocycles. The molecule has 3 nitrogen and oxygen atoms in total. The molecular formula is C23H37BO3. The number of carbonyl (C=O) groups is 1. The van der Waals surface area contributed by atoms with E-state index in [1.807, 2.05) is 0 Å². The van der Waals surface area contributed by atoms with Gasteiger partial charge in [0.1, 0.15) is 7.85 Å². The van der Waals surface area contributed by atoms with Gasteiger partial charge in [0.15, 0.2) is 0 Å². The third-order valence-corrected chi connectivity index (χ3v) is 9.90. The highest BCUT2D eigenvalue weighted by atomic mass is 16.4. The number of carboxylic acids is 1. The van der Waals surface area contributed by atoms with E-state index in [-0.39, 0.29) is 0 Å². The summed E-state index contributed by atoms with van der Waals surface area (Å²) in [6.07, 6.45) is 12.7. The molecule has 0 aromatic rings. The number of hydrogen-bond donors (Lipinski definition) is 2. The van der Waals surface area contributed by atoms with Gasteiger partial charge in [-0.15, -0.1) is 0 Å². The Morgan fingerprint density at radius 1 is 1.00 bits per heavy atom. The van der Waals surface area contributed by atoms with Crippen LogP contribution in [-0.4, -0.2) is 29.5 Å². The number of carboxylic acid groups (broad SMARTS) is 1. The second kappa shape index (κ2) is 6.78. The lowest BCUT2D eigenvalue weighted by molar-refractivity contribution is -0.137. The maximum absolute atomic E-state index is 10.9. The van der Waals surface area contributed by atoms with Gasteiger partial charge in [0, 0.05) is 11.9 Å². The fourth-order valence-electron chi connectivity index (χ4n) is 8.36. The Hall–Kier alpha value is -0.505. The van der Waals surface area contributed by atoms with Gasteiger partial charge in [0.2, 0.25) is 0 Å². The van der Waals surface area contributed by atoms with E-state index < -0.39 is 11.5 Å². The first-order valence-electron chi connectivity index (χ1n) is 11.4. The van der Waals surface area contributed by atoms with Gasteiger partial charge in [-0.3, -0.25) is 4.79 Å². The normalized spacial score (nSPS) is 51.9. The van der Waals surface area contributed by atoms with Gasteiger partial charge in [-0.2, -0.15) is 0 Å². The van der Waals surface area contributed by atoms with E-state index in [0.717, 1.165) is 49.9 Å². The summed E-state index contributed by atoms with van der Waals surface area (Å²) >= 11 is 0. The first kappa shape index (κ1) is 19.8. The molecule has 4 aliphatic rings. The van der Waals surface area contributed by atoms with E-state index in [4.69, 9.17) is 13.0 Å². The summed E-state index contributed by atoms with van der Waals surface area (Å²) in [7, 11) is 6.12. The summed E-state index contributed by atoms with van der Waals surface area (Å²) < 4.78 is 0. The minimum absolute atomic E-state index is 0.324. The van der Waals surface area contributed by atoms with E-state index in [0.29, 0.717) is 29.1 Å². The van der Waals surface area contributed by atoms with Crippen molar-refractivity contribution in [3.05, 3.63) is 0 Å². The van der Waals surface area contributed by atoms with Crippen molar-refractivity contribution in [2.45, 2.75) is 96.4 Å². The van der Waals surface area contributed by atoms with Gasteiger partial charge in [0.05, 0.1) is 0 Å². The number of aliphatic carboxylic acids is 1. The molecule has 4 fully saturated rings. The van der Waals surface area contributed by atoms with Gasteiger partial charge in [-0.25, -0.2) is 0 Å². The van der Waals surface area contributed by atoms with Gasteiger partial charge in [0.25, 0.3) is 0 Å². The zero-order chi connectivity index (χ0) is 19.4. The van der Waals surface area contributed by atoms with Crippen LogP contribution in [0.4, 0.5) is 0 Å². The fourth-order valence-corrected chi connectivity index (χ4v) is 8.36. The van der Waals surface area contributed by atoms with E-state index in [9.17, 15) is 9.90 Å². The minimum Gasteiger partial charge on any atom is -0.481 e. The highest BCUT2D eigenvalue weighted by molar-refractivity contribution is 6.14. The number of aliphatic hydroxyl groups is 1. The van der Waals surface area contributed by atoms with Crippen LogP contribution in [0.5, 0.6) is 0 Å². The predicted molar refractivity (Wildman–Crippen MR) is 107 cm³/mol. The molecule has 1 unspecified atom stereocenters. The average Bonchev–Trinajstić information content (AvgIpc) is 2.92. The monoisotopic (exact) mass is 372 g/mol. The summed E-state index contributed by atoms with van der Waals surface area (Å²) in [5.41, 5.74) is -0.161. The van der Waals surface area contributed by atoms with Crippen molar-refractivity contribution < 1.29 is 15.0 Å². The molecule has 0 aliphatic heterocycles. The van der Waals surface area contributed by atoms with Crippen LogP contribution in [0.15, 0.2) is 0 Å². The van der Waals surface area contributed by atoms with Gasteiger partial charge >= 0.3 is 5.97 Å². The van der Waals surface area contributed by atoms with Crippen LogP contribution in [0, 0.1) is 40.4 Å². The Labute approximate surface area is 166 Å². The summed E-state index contributed by atoms with van der Waals surface area (Å²) in [5, 5.41) is 19.4. The molecule has 0 amide bonds. The third kappa shape index (κ3) is 3.28. The topological polar surface area (TPSA) is 57.5 Å². The largest absolute Gasteiger partial charge is 0.481 e. The molecule has 4 aliphatic carbocycles. The minimum atomic E-state index is -0.942. The Morgan fingerprint density at radius 3 is 2.48 bits per heavy atom. The predicted octanol–water partition coefficient (Wildman–Crippen LogP) is 4.76. The second-order valence-electron chi connectivity index (χ2n) is 11.1. The maximum Gasteiger partial charge on any atom is 0.303 e. The van der Waals surface area contributed by atoms with Gasteiger partial charge in [-0.1, -0.05) is 13.8 Å². The van der Waals surface area contributed by atoms with Crippen molar-refractivity contribution in [2.24, 2.45) is 40.4 Å². The van der Waals surface area contributed by atoms with Crippen LogP contribution in [-0.2, 0) is 4.79 Å². The Bertz CT molecular complexity index is 590. The van der Waals surface area contributed by atoms with Gasteiger partial charge < -0.3 is 10.2 Å². The molecule has 0 bridgehead atoms. The Kier molecular flexibility index (Phi) is 4.97. The maximum atomic E-state index is 10.9. The molecule has 4 rings (SSSR count). The van der Waals surface area contributed by atoms with Crippen molar-refractivity contribution in [1.29, 1.82) is 0 Å². The van der Waals surface area contributed by atoms with Crippen molar-refractivity contribution in [1.82, 2.24) is 0 Å². The summed E-state index contributed by atoms with van der Waals surface area (Å²) in [5.74, 6) is 3.10. The molecule has 27 heavy (non-hydrogen) atoms. The first-order chi connectivity index (χ1) is 12.7. The smallest absolute Gasteiger partial charge is 0.303 e. The molecule has 0 aromatic heterocycles. The van der Waals surface area contributed by atoms with Crippen molar-refractivity contribution in [2.75, 3.05) is 0 Å². The highest BCUT2D eigenvalue weighted by Crippen LogP contribution is 2.68. The van der Waals surface area contributed by atoms with Crippen molar-refractivity contribution >= 4 is 13.8 Å². The Morgan fingerprint density at radius 2 is 1.74 bits per heavy atom. The quantitative estimate of drug-likeness (QED) is 0.700. The standard InChI is InChI=1S/C23H37BO3/c1-21-11-10-19-17(18(21)9-7-15(21)4-3-5-20(25)26)8-6-16-14-23(24,27)13-12-22(16,19)2/h15-19,27H,3-14H2,1-2H3,(H,25,26)/t15-,16?,17-,18-,19-,21+,22-,23-/m0/s1. The van der Waals surface area contributed by atoms with E-state index in [2.05, 4.69) is 13.8 Å². The number of rotatable bonds is 4. The molecular weight excluding hydrogens is 335 g/mol. The first-order valence-corrected chi connectivity index (χ1v) is 11.4. The van der Waals surface area contributed by atoms with Crippen molar-refractivity contribution in [3.63, 3.8) is 0 Å². The van der Waals surface area contributed by atoms with E-state index in [1.54, 1.807) is 0 Å². The molecule has 2 radical (unpaired) electrons. The van der Waals surface area contributed by atoms with Crippen LogP contribution in [0.2, 0.25) is 0 Å². The van der Waals surface area contributed by atoms with Crippen LogP contribution in [0.3, 0.4) is 0 Å². The van der Waals surface area contributed by atoms with Crippen LogP contribution < -0.4 is 0 Å². The highest BCUT2D eigenvalue weighted by Gasteiger charge is 2.60. The van der Waals surface area contributed by atoms with Crippen LogP contribution in [0.25, 0.3) is 0 Å². The van der Waals surface area contributed by atoms with Crippen LogP contribution in [0.1, 0.15) is 90.9 Å². The lowest BCUT2D eigenvalue weighted by Crippen LogP contribution is -2.56. The lowest BCUT2D eigenvalue weighted by atomic mass is 9.42. The second-order valence-corrected chi connectivity index (χ2v) is 11.1. The zero-order valence-corrected chi connectivity index (χ0v) is 17.3. The van der Waals surface area contributed by atoms with E-state index >= 15 is 0 Å². The summed E-state index contributed by atoms with van der Waals surface area (Å²) in [6.45, 7) is 5.03. The summed E-state index contributed by atoms with van der Waals surface area (Å²) in [4.78, 5) is 10.9. The van der Waals surface area contributed by atoms with E-state index in [1.165, 1.54) is 38.5 Å². The molecule has 2 N–H and O–H groups in total. The lowest BCUT2D eigenvalue weighted by Gasteiger charge is -2.62. The number of fused-ring (bicyclic) bond motifs is 5. The van der Waals surface area contributed by atoms with Crippen molar-refractivity contribution in [3.8, 4) is 0 Å². The van der Waals surface area contributed by atoms with Crippen LogP contribution >= 0.6 is 0 Å². The zero-order valence-electron chi connectivity index (χ0n) is 17.3. The molecule has 8 atom stereocenters. The third-order valence-electron chi connectivity index (χ3n) is 9.90. The molecule has 0 spiro atoms. The fraction of sp³-hybridized carbons (Fsp3) is 0.957. The van der Waals surface area contributed by atoms with Gasteiger partial charge in [-0.05, 0) is 111 Å². The molecule has 0 aromatic carbocycles. The number of hydrogen-bond acceptors (Lipinski definition) is 2. The molecule has 0 saturated heterocycles. The molecule has 4 saturated carbocycles. The SMILES string of the molecule is [B][C@]1(O)CC[C@@]2(C)C(CC[C@H]3[C@@H]4CC[C@H](CCCC(=O)O)[C@@]4(C)CC[C@@H]32)C1. The molecule has 4 heteroatoms. The summed E-state index contributed by atoms with van der Waals surface area (Å²) in [6, 6.07) is 0. The average molecular weight is 372 g/mol. The molecule has 150 valence electrons. The Balaban J connectivity index is 1.48.